The number of carboxylic acids is 1. The van der Waals surface area contributed by atoms with Crippen LogP contribution in [0, 0.1) is 0 Å². The topological polar surface area (TPSA) is 219 Å². The van der Waals surface area contributed by atoms with E-state index in [1.807, 2.05) is 0 Å². The molecule has 13 heteroatoms. The zero-order chi connectivity index (χ0) is 26.9. The number of rotatable bonds is 8. The summed E-state index contributed by atoms with van der Waals surface area (Å²) in [7, 11) is 0. The van der Waals surface area contributed by atoms with Crippen LogP contribution >= 0.6 is 0 Å². The zero-order valence-electron chi connectivity index (χ0n) is 19.8. The molecule has 1 aliphatic heterocycles. The van der Waals surface area contributed by atoms with E-state index < -0.39 is 30.0 Å². The van der Waals surface area contributed by atoms with Crippen LogP contribution in [-0.4, -0.2) is 54.3 Å². The number of esters is 1. The molecule has 2 amide bonds. The number of aliphatic imine (C=N–C) groups is 1. The van der Waals surface area contributed by atoms with Crippen LogP contribution in [-0.2, 0) is 16.0 Å². The van der Waals surface area contributed by atoms with Gasteiger partial charge in [0, 0.05) is 0 Å². The van der Waals surface area contributed by atoms with Crippen molar-refractivity contribution < 1.29 is 38.5 Å². The van der Waals surface area contributed by atoms with Gasteiger partial charge in [-0.05, 0) is 61.6 Å². The quantitative estimate of drug-likeness (QED) is 0.112. The maximum atomic E-state index is 13.0. The van der Waals surface area contributed by atoms with Crippen molar-refractivity contribution in [3.05, 3.63) is 53.1 Å². The van der Waals surface area contributed by atoms with Crippen LogP contribution < -0.4 is 32.0 Å². The van der Waals surface area contributed by atoms with E-state index in [0.29, 0.717) is 29.7 Å². The highest BCUT2D eigenvalue weighted by Gasteiger charge is 2.26. The Morgan fingerprint density at radius 1 is 1.16 bits per heavy atom. The lowest BCUT2D eigenvalue weighted by molar-refractivity contribution is -0.139. The normalized spacial score (nSPS) is 13.5. The molecule has 3 rings (SSSR count). The molecule has 1 heterocycles. The van der Waals surface area contributed by atoms with Gasteiger partial charge < -0.3 is 41.8 Å². The summed E-state index contributed by atoms with van der Waals surface area (Å²) < 4.78 is 16.0. The molecule has 0 radical (unpaired) electrons. The lowest BCUT2D eigenvalue weighted by atomic mass is 10.0. The summed E-state index contributed by atoms with van der Waals surface area (Å²) in [6.45, 7) is 0.0807. The second-order valence-corrected chi connectivity index (χ2v) is 8.03. The number of aliphatic carboxylic acids is 1. The van der Waals surface area contributed by atoms with Gasteiger partial charge >= 0.3 is 18.0 Å². The Morgan fingerprint density at radius 2 is 1.95 bits per heavy atom. The Hall–Kier alpha value is -4.81. The highest BCUT2D eigenvalue weighted by atomic mass is 16.6. The fraction of sp³-hybridized carbons (Fsp3) is 0.292. The van der Waals surface area contributed by atoms with Crippen LogP contribution in [0.1, 0.15) is 45.5 Å². The molecule has 0 fully saturated rings. The average Bonchev–Trinajstić information content (AvgIpc) is 2.83. The number of carbonyl (C=O) groups is 4. The summed E-state index contributed by atoms with van der Waals surface area (Å²) in [6.07, 6.45) is 0.0901. The second-order valence-electron chi connectivity index (χ2n) is 8.03. The molecule has 0 aliphatic carbocycles. The Kier molecular flexibility index (Phi) is 8.86. The van der Waals surface area contributed by atoms with Crippen molar-refractivity contribution in [2.45, 2.75) is 31.7 Å². The molecule has 2 aromatic rings. The minimum absolute atomic E-state index is 0.000494. The van der Waals surface area contributed by atoms with E-state index in [-0.39, 0.29) is 49.1 Å². The summed E-state index contributed by atoms with van der Waals surface area (Å²) >= 11 is 0. The van der Waals surface area contributed by atoms with Crippen molar-refractivity contribution in [3.8, 4) is 11.5 Å². The van der Waals surface area contributed by atoms with E-state index in [2.05, 4.69) is 15.0 Å². The third-order valence-corrected chi connectivity index (χ3v) is 5.31. The monoisotopic (exact) mass is 513 g/mol. The number of nitrogens with two attached hydrogens (primary N) is 3. The molecule has 8 N–H and O–H groups in total. The van der Waals surface area contributed by atoms with Crippen molar-refractivity contribution in [1.82, 2.24) is 5.32 Å². The molecule has 1 atom stereocenters. The Labute approximate surface area is 211 Å². The van der Waals surface area contributed by atoms with Gasteiger partial charge in [0.15, 0.2) is 17.5 Å². The largest absolute Gasteiger partial charge is 0.489 e. The molecule has 0 bridgehead atoms. The first-order chi connectivity index (χ1) is 17.7. The van der Waals surface area contributed by atoms with E-state index in [0.717, 1.165) is 0 Å². The van der Waals surface area contributed by atoms with Gasteiger partial charge in [0.05, 0.1) is 30.0 Å². The van der Waals surface area contributed by atoms with Crippen LogP contribution in [0.3, 0.4) is 0 Å². The van der Waals surface area contributed by atoms with Crippen molar-refractivity contribution >= 4 is 35.6 Å². The summed E-state index contributed by atoms with van der Waals surface area (Å²) in [5.41, 5.74) is 17.2. The van der Waals surface area contributed by atoms with Gasteiger partial charge in [-0.15, -0.1) is 0 Å². The Morgan fingerprint density at radius 3 is 2.65 bits per heavy atom. The number of primary amides is 1. The van der Waals surface area contributed by atoms with E-state index in [1.165, 1.54) is 18.2 Å². The van der Waals surface area contributed by atoms with Gasteiger partial charge in [0.1, 0.15) is 6.04 Å². The van der Waals surface area contributed by atoms with Gasteiger partial charge in [-0.25, -0.2) is 19.4 Å². The molecule has 0 saturated heterocycles. The number of nitrogens with one attached hydrogen (secondary N) is 1. The number of carboxylic acid groups (broad SMARTS) is 1. The van der Waals surface area contributed by atoms with Gasteiger partial charge in [0.25, 0.3) is 5.91 Å². The van der Waals surface area contributed by atoms with Crippen LogP contribution in [0.25, 0.3) is 0 Å². The van der Waals surface area contributed by atoms with Crippen LogP contribution in [0.5, 0.6) is 11.5 Å². The smallest absolute Gasteiger partial charge is 0.404 e. The molecule has 0 unspecified atom stereocenters. The maximum absolute atomic E-state index is 13.0. The fourth-order valence-electron chi connectivity index (χ4n) is 3.67. The minimum Gasteiger partial charge on any atom is -0.489 e. The van der Waals surface area contributed by atoms with Gasteiger partial charge in [-0.2, -0.15) is 0 Å². The molecule has 0 spiro atoms. The lowest BCUT2D eigenvalue weighted by Gasteiger charge is -2.20. The highest BCUT2D eigenvalue weighted by molar-refractivity contribution is 6.00. The number of fused-ring (bicyclic) bond motifs is 2. The molecule has 2 aromatic carbocycles. The predicted molar refractivity (Wildman–Crippen MR) is 131 cm³/mol. The number of para-hydroxylation sites is 1. The summed E-state index contributed by atoms with van der Waals surface area (Å²) in [6, 6.07) is 7.92. The fourth-order valence-corrected chi connectivity index (χ4v) is 3.67. The SMILES string of the molecule is NC(=O)OCCC[C@H](NC(=O)c1cccc2c1OCCCc1cc(N=C(N)N)ccc1C(=O)O2)C(=O)O. The summed E-state index contributed by atoms with van der Waals surface area (Å²) in [4.78, 5) is 52.3. The first-order valence-corrected chi connectivity index (χ1v) is 11.3. The minimum atomic E-state index is -1.27. The molecule has 0 saturated carbocycles. The summed E-state index contributed by atoms with van der Waals surface area (Å²) in [5, 5.41) is 11.9. The number of hydrogen-bond donors (Lipinski definition) is 5. The number of amides is 2. The van der Waals surface area contributed by atoms with Crippen LogP contribution in [0.4, 0.5) is 10.5 Å². The average molecular weight is 514 g/mol. The maximum Gasteiger partial charge on any atom is 0.404 e. The van der Waals surface area contributed by atoms with E-state index >= 15 is 0 Å². The van der Waals surface area contributed by atoms with Crippen molar-refractivity contribution in [1.29, 1.82) is 0 Å². The van der Waals surface area contributed by atoms with Crippen LogP contribution in [0.15, 0.2) is 41.4 Å². The number of guanidine groups is 1. The van der Waals surface area contributed by atoms with E-state index in [9.17, 15) is 24.3 Å². The zero-order valence-corrected chi connectivity index (χ0v) is 19.8. The number of aryl methyl sites for hydroxylation is 1. The van der Waals surface area contributed by atoms with Crippen molar-refractivity contribution in [3.63, 3.8) is 0 Å². The third-order valence-electron chi connectivity index (χ3n) is 5.31. The molecule has 13 nitrogen and oxygen atoms in total. The first-order valence-electron chi connectivity index (χ1n) is 11.3. The number of benzene rings is 2. The Bertz CT molecular complexity index is 1230. The van der Waals surface area contributed by atoms with Crippen molar-refractivity contribution in [2.24, 2.45) is 22.2 Å². The van der Waals surface area contributed by atoms with Crippen molar-refractivity contribution in [2.75, 3.05) is 13.2 Å². The lowest BCUT2D eigenvalue weighted by Crippen LogP contribution is -2.41. The number of ether oxygens (including phenoxy) is 3. The first kappa shape index (κ1) is 26.8. The highest BCUT2D eigenvalue weighted by Crippen LogP contribution is 2.34. The number of hydrogen-bond acceptors (Lipinski definition) is 8. The summed E-state index contributed by atoms with van der Waals surface area (Å²) in [5.74, 6) is -2.79. The second kappa shape index (κ2) is 12.2. The Balaban J connectivity index is 1.82. The predicted octanol–water partition coefficient (Wildman–Crippen LogP) is 1.19. The molecular weight excluding hydrogens is 486 g/mol. The molecule has 196 valence electrons. The molecular formula is C24H27N5O8. The van der Waals surface area contributed by atoms with E-state index in [1.54, 1.807) is 18.2 Å². The van der Waals surface area contributed by atoms with Crippen LogP contribution in [0.2, 0.25) is 0 Å². The molecule has 37 heavy (non-hydrogen) atoms. The van der Waals surface area contributed by atoms with Gasteiger partial charge in [-0.3, -0.25) is 4.79 Å². The van der Waals surface area contributed by atoms with E-state index in [4.69, 9.17) is 26.7 Å². The van der Waals surface area contributed by atoms with Gasteiger partial charge in [0.2, 0.25) is 0 Å². The third kappa shape index (κ3) is 7.34. The number of carbonyl (C=O) groups excluding carboxylic acids is 3. The molecule has 0 aromatic heterocycles. The standard InChI is InChI=1S/C24H27N5O8/c25-23(26)28-14-8-9-15-13(12-14)4-2-10-35-19-16(5-1-7-18(19)37-22(15)33)20(30)29-17(21(31)32)6-3-11-36-24(27)34/h1,5,7-9,12,17H,2-4,6,10-11H2,(H2,27,34)(H,29,30)(H,31,32)(H4,25,26,28)/t17-/m0/s1. The number of nitrogens with zero attached hydrogens (tertiary/aromatic N) is 1. The van der Waals surface area contributed by atoms with Gasteiger partial charge in [-0.1, -0.05) is 6.07 Å². The molecule has 1 aliphatic rings.